The first-order chi connectivity index (χ1) is 11.7. The van der Waals surface area contributed by atoms with E-state index in [0.29, 0.717) is 25.1 Å². The molecule has 9 nitrogen and oxygen atoms in total. The summed E-state index contributed by atoms with van der Waals surface area (Å²) in [6, 6.07) is 2.56. The van der Waals surface area contributed by atoms with E-state index >= 15 is 0 Å². The van der Waals surface area contributed by atoms with Crippen molar-refractivity contribution in [1.82, 2.24) is 30.0 Å². The zero-order chi connectivity index (χ0) is 16.5. The van der Waals surface area contributed by atoms with Gasteiger partial charge in [0.15, 0.2) is 0 Å². The summed E-state index contributed by atoms with van der Waals surface area (Å²) in [5.41, 5.74) is 1.79. The quantitative estimate of drug-likeness (QED) is 0.847. The van der Waals surface area contributed by atoms with Gasteiger partial charge < -0.3 is 10.1 Å². The van der Waals surface area contributed by atoms with Crippen molar-refractivity contribution < 1.29 is 9.53 Å². The molecule has 0 saturated carbocycles. The van der Waals surface area contributed by atoms with Gasteiger partial charge in [0.1, 0.15) is 0 Å². The minimum atomic E-state index is -0.0532. The largest absolute Gasteiger partial charge is 0.467 e. The minimum Gasteiger partial charge on any atom is -0.467 e. The number of methoxy groups -OCH3 is 1. The number of anilines is 1. The van der Waals surface area contributed by atoms with Gasteiger partial charge in [-0.2, -0.15) is 10.1 Å². The number of hydrogen-bond acceptors (Lipinski definition) is 6. The Balaban J connectivity index is 1.34. The van der Waals surface area contributed by atoms with Crippen LogP contribution >= 0.6 is 0 Å². The van der Waals surface area contributed by atoms with Crippen molar-refractivity contribution in [2.24, 2.45) is 0 Å². The fourth-order valence-electron chi connectivity index (χ4n) is 3.02. The lowest BCUT2D eigenvalue weighted by Crippen LogP contribution is -2.47. The number of ether oxygens (including phenoxy) is 1. The summed E-state index contributed by atoms with van der Waals surface area (Å²) < 4.78 is 6.99. The second-order valence-corrected chi connectivity index (χ2v) is 5.94. The van der Waals surface area contributed by atoms with E-state index in [1.807, 2.05) is 16.9 Å². The van der Waals surface area contributed by atoms with E-state index in [4.69, 9.17) is 4.74 Å². The molecule has 2 aliphatic rings. The maximum absolute atomic E-state index is 11.7. The van der Waals surface area contributed by atoms with E-state index < -0.39 is 0 Å². The highest BCUT2D eigenvalue weighted by Crippen LogP contribution is 2.25. The number of hydrogen-bond donors (Lipinski definition) is 1. The molecule has 2 amide bonds. The molecule has 0 radical (unpaired) electrons. The summed E-state index contributed by atoms with van der Waals surface area (Å²) in [5, 5.41) is 7.21. The van der Waals surface area contributed by atoms with Crippen LogP contribution in [0.4, 0.5) is 10.5 Å². The Bertz CT molecular complexity index is 741. The monoisotopic (exact) mass is 329 g/mol. The maximum atomic E-state index is 11.7. The van der Waals surface area contributed by atoms with Crippen LogP contribution in [0.1, 0.15) is 11.7 Å². The smallest absolute Gasteiger partial charge is 0.322 e. The first-order valence-electron chi connectivity index (χ1n) is 7.91. The number of carbonyl (C=O) groups excluding carboxylic acids is 1. The molecule has 0 bridgehead atoms. The summed E-state index contributed by atoms with van der Waals surface area (Å²) in [6.07, 6.45) is 5.41. The topological polar surface area (TPSA) is 88.4 Å². The molecule has 4 rings (SSSR count). The van der Waals surface area contributed by atoms with Gasteiger partial charge in [-0.3, -0.25) is 14.5 Å². The second kappa shape index (κ2) is 6.08. The van der Waals surface area contributed by atoms with Crippen LogP contribution in [0.25, 0.3) is 0 Å². The first kappa shape index (κ1) is 14.9. The zero-order valence-electron chi connectivity index (χ0n) is 13.4. The van der Waals surface area contributed by atoms with Gasteiger partial charge in [-0.1, -0.05) is 0 Å². The Morgan fingerprint density at radius 3 is 3.04 bits per heavy atom. The lowest BCUT2D eigenvalue weighted by Gasteiger charge is -2.38. The van der Waals surface area contributed by atoms with Crippen molar-refractivity contribution in [2.75, 3.05) is 38.2 Å². The minimum absolute atomic E-state index is 0.0532. The molecule has 24 heavy (non-hydrogen) atoms. The van der Waals surface area contributed by atoms with Crippen LogP contribution in [0, 0.1) is 0 Å². The van der Waals surface area contributed by atoms with E-state index in [1.54, 1.807) is 24.4 Å². The third-order valence-electron chi connectivity index (χ3n) is 4.33. The number of aromatic nitrogens is 4. The average Bonchev–Trinajstić information content (AvgIpc) is 3.19. The SMILES string of the molecule is COc1nccc(CN2CC(n3cc(N4CCNC4=O)cn3)C2)n1. The van der Waals surface area contributed by atoms with Gasteiger partial charge in [-0.25, -0.2) is 9.78 Å². The summed E-state index contributed by atoms with van der Waals surface area (Å²) in [5.74, 6) is 0. The highest BCUT2D eigenvalue weighted by Gasteiger charge is 2.30. The second-order valence-electron chi connectivity index (χ2n) is 5.94. The predicted molar refractivity (Wildman–Crippen MR) is 85.9 cm³/mol. The van der Waals surface area contributed by atoms with Crippen LogP contribution in [0.3, 0.4) is 0 Å². The average molecular weight is 329 g/mol. The molecule has 2 fully saturated rings. The molecule has 0 aromatic carbocycles. The Morgan fingerprint density at radius 1 is 1.42 bits per heavy atom. The van der Waals surface area contributed by atoms with Gasteiger partial charge in [0.25, 0.3) is 0 Å². The standard InChI is InChI=1S/C15H19N7O2/c1-24-14-16-3-2-11(19-14)7-20-8-13(9-20)22-10-12(6-18-22)21-5-4-17-15(21)23/h2-3,6,10,13H,4-5,7-9H2,1H3,(H,17,23). The number of nitrogens with one attached hydrogen (secondary N) is 1. The van der Waals surface area contributed by atoms with Crippen LogP contribution in [-0.2, 0) is 6.54 Å². The molecule has 2 aromatic rings. The third-order valence-corrected chi connectivity index (χ3v) is 4.33. The van der Waals surface area contributed by atoms with E-state index in [9.17, 15) is 4.79 Å². The maximum Gasteiger partial charge on any atom is 0.322 e. The van der Waals surface area contributed by atoms with Gasteiger partial charge in [-0.05, 0) is 6.07 Å². The van der Waals surface area contributed by atoms with E-state index in [0.717, 1.165) is 31.0 Å². The Labute approximate surface area is 139 Å². The van der Waals surface area contributed by atoms with Crippen LogP contribution in [0.5, 0.6) is 6.01 Å². The van der Waals surface area contributed by atoms with Gasteiger partial charge in [0, 0.05) is 45.1 Å². The van der Waals surface area contributed by atoms with Crippen molar-refractivity contribution in [3.8, 4) is 6.01 Å². The zero-order valence-corrected chi connectivity index (χ0v) is 13.4. The molecule has 2 aliphatic heterocycles. The number of urea groups is 1. The molecule has 4 heterocycles. The molecule has 2 aromatic heterocycles. The number of rotatable bonds is 5. The molecule has 126 valence electrons. The van der Waals surface area contributed by atoms with E-state index in [-0.39, 0.29) is 6.03 Å². The molecule has 0 spiro atoms. The molecule has 0 atom stereocenters. The molecule has 0 unspecified atom stereocenters. The van der Waals surface area contributed by atoms with E-state index in [1.165, 1.54) is 0 Å². The normalized spacial score (nSPS) is 18.5. The van der Waals surface area contributed by atoms with Crippen molar-refractivity contribution in [2.45, 2.75) is 12.6 Å². The van der Waals surface area contributed by atoms with Crippen molar-refractivity contribution in [1.29, 1.82) is 0 Å². The lowest BCUT2D eigenvalue weighted by molar-refractivity contribution is 0.0893. The lowest BCUT2D eigenvalue weighted by atomic mass is 10.1. The highest BCUT2D eigenvalue weighted by molar-refractivity contribution is 5.93. The van der Waals surface area contributed by atoms with Crippen LogP contribution < -0.4 is 15.0 Å². The van der Waals surface area contributed by atoms with Gasteiger partial charge in [0.05, 0.1) is 30.7 Å². The Morgan fingerprint density at radius 2 is 2.29 bits per heavy atom. The van der Waals surface area contributed by atoms with Crippen molar-refractivity contribution in [3.63, 3.8) is 0 Å². The van der Waals surface area contributed by atoms with Gasteiger partial charge in [-0.15, -0.1) is 0 Å². The summed E-state index contributed by atoms with van der Waals surface area (Å²) in [4.78, 5) is 24.0. The third kappa shape index (κ3) is 2.78. The molecular weight excluding hydrogens is 310 g/mol. The Hall–Kier alpha value is -2.68. The fraction of sp³-hybridized carbons (Fsp3) is 0.467. The van der Waals surface area contributed by atoms with E-state index in [2.05, 4.69) is 25.3 Å². The number of likely N-dealkylation sites (tertiary alicyclic amines) is 1. The fourth-order valence-corrected chi connectivity index (χ4v) is 3.02. The van der Waals surface area contributed by atoms with Crippen LogP contribution in [0.2, 0.25) is 0 Å². The molecular formula is C15H19N7O2. The van der Waals surface area contributed by atoms with Crippen molar-refractivity contribution >= 4 is 11.7 Å². The predicted octanol–water partition coefficient (Wildman–Crippen LogP) is 0.268. The number of nitrogens with zero attached hydrogens (tertiary/aromatic N) is 6. The first-order valence-corrected chi connectivity index (χ1v) is 7.91. The number of carbonyl (C=O) groups is 1. The molecule has 9 heteroatoms. The summed E-state index contributed by atoms with van der Waals surface area (Å²) in [7, 11) is 1.56. The number of amides is 2. The van der Waals surface area contributed by atoms with Crippen molar-refractivity contribution in [3.05, 3.63) is 30.4 Å². The van der Waals surface area contributed by atoms with Gasteiger partial charge in [0.2, 0.25) is 0 Å². The van der Waals surface area contributed by atoms with Crippen LogP contribution in [0.15, 0.2) is 24.7 Å². The molecule has 0 aliphatic carbocycles. The molecule has 2 saturated heterocycles. The van der Waals surface area contributed by atoms with Crippen LogP contribution in [-0.4, -0.2) is 64.0 Å². The summed E-state index contributed by atoms with van der Waals surface area (Å²) >= 11 is 0. The summed E-state index contributed by atoms with van der Waals surface area (Å²) in [6.45, 7) is 3.94. The van der Waals surface area contributed by atoms with Gasteiger partial charge >= 0.3 is 12.0 Å². The Kier molecular flexibility index (Phi) is 3.77. The molecule has 1 N–H and O–H groups in total. The highest BCUT2D eigenvalue weighted by atomic mass is 16.5.